The highest BCUT2D eigenvalue weighted by Gasteiger charge is 2.35. The van der Waals surface area contributed by atoms with Crippen LogP contribution in [0, 0.1) is 5.92 Å². The maximum Gasteiger partial charge on any atom is 0.253 e. The van der Waals surface area contributed by atoms with Crippen LogP contribution in [0.3, 0.4) is 0 Å². The smallest absolute Gasteiger partial charge is 0.253 e. The van der Waals surface area contributed by atoms with Crippen molar-refractivity contribution in [3.8, 4) is 0 Å². The number of benzene rings is 2. The number of hydrogen-bond donors (Lipinski definition) is 1. The first-order valence-electron chi connectivity index (χ1n) is 10.6. The second-order valence-electron chi connectivity index (χ2n) is 7.47. The van der Waals surface area contributed by atoms with Gasteiger partial charge in [-0.05, 0) is 62.2 Å². The SMILES string of the molecule is CCc1ccc(N2C[C@@H](C(=O)Nc3ccc(C(=O)N(CC)CC)cc3)CC2=O)cc1. The zero-order valence-corrected chi connectivity index (χ0v) is 17.9. The molecule has 1 N–H and O–H groups in total. The lowest BCUT2D eigenvalue weighted by Gasteiger charge is -2.19. The summed E-state index contributed by atoms with van der Waals surface area (Å²) in [5, 5.41) is 2.88. The Balaban J connectivity index is 1.62. The monoisotopic (exact) mass is 407 g/mol. The molecule has 2 aromatic rings. The van der Waals surface area contributed by atoms with E-state index in [9.17, 15) is 14.4 Å². The zero-order valence-electron chi connectivity index (χ0n) is 17.9. The quantitative estimate of drug-likeness (QED) is 0.760. The van der Waals surface area contributed by atoms with E-state index in [4.69, 9.17) is 0 Å². The van der Waals surface area contributed by atoms with E-state index < -0.39 is 5.92 Å². The van der Waals surface area contributed by atoms with E-state index in [-0.39, 0.29) is 24.1 Å². The van der Waals surface area contributed by atoms with Gasteiger partial charge in [0.15, 0.2) is 0 Å². The summed E-state index contributed by atoms with van der Waals surface area (Å²) in [6.45, 7) is 7.65. The maximum atomic E-state index is 12.7. The first-order valence-corrected chi connectivity index (χ1v) is 10.6. The van der Waals surface area contributed by atoms with Crippen LogP contribution < -0.4 is 10.2 Å². The molecule has 1 fully saturated rings. The summed E-state index contributed by atoms with van der Waals surface area (Å²) in [7, 11) is 0. The van der Waals surface area contributed by atoms with Gasteiger partial charge >= 0.3 is 0 Å². The molecule has 6 nitrogen and oxygen atoms in total. The number of hydrogen-bond acceptors (Lipinski definition) is 3. The van der Waals surface area contributed by atoms with Crippen LogP contribution in [0.25, 0.3) is 0 Å². The Labute approximate surface area is 177 Å². The topological polar surface area (TPSA) is 69.7 Å². The van der Waals surface area contributed by atoms with Crippen molar-refractivity contribution in [2.45, 2.75) is 33.6 Å². The minimum Gasteiger partial charge on any atom is -0.339 e. The van der Waals surface area contributed by atoms with Gasteiger partial charge in [-0.15, -0.1) is 0 Å². The molecule has 158 valence electrons. The van der Waals surface area contributed by atoms with Crippen molar-refractivity contribution < 1.29 is 14.4 Å². The Kier molecular flexibility index (Phi) is 6.87. The number of carbonyl (C=O) groups is 3. The molecule has 3 rings (SSSR count). The summed E-state index contributed by atoms with van der Waals surface area (Å²) in [5.41, 5.74) is 3.25. The maximum absolute atomic E-state index is 12.7. The first kappa shape index (κ1) is 21.6. The van der Waals surface area contributed by atoms with Crippen molar-refractivity contribution in [3.05, 3.63) is 59.7 Å². The fourth-order valence-electron chi connectivity index (χ4n) is 3.68. The molecule has 0 saturated carbocycles. The van der Waals surface area contributed by atoms with Gasteiger partial charge in [-0.2, -0.15) is 0 Å². The molecule has 0 unspecified atom stereocenters. The molecule has 3 amide bonds. The summed E-state index contributed by atoms with van der Waals surface area (Å²) in [6, 6.07) is 14.8. The van der Waals surface area contributed by atoms with E-state index in [1.807, 2.05) is 38.1 Å². The lowest BCUT2D eigenvalue weighted by atomic mass is 10.1. The van der Waals surface area contributed by atoms with Crippen LogP contribution in [0.1, 0.15) is 43.1 Å². The lowest BCUT2D eigenvalue weighted by molar-refractivity contribution is -0.122. The zero-order chi connectivity index (χ0) is 21.7. The van der Waals surface area contributed by atoms with E-state index in [0.717, 1.165) is 12.1 Å². The lowest BCUT2D eigenvalue weighted by Crippen LogP contribution is -2.30. The summed E-state index contributed by atoms with van der Waals surface area (Å²) in [4.78, 5) is 41.0. The predicted molar refractivity (Wildman–Crippen MR) is 119 cm³/mol. The third-order valence-electron chi connectivity index (χ3n) is 5.60. The van der Waals surface area contributed by atoms with Crippen LogP contribution >= 0.6 is 0 Å². The van der Waals surface area contributed by atoms with E-state index in [0.29, 0.717) is 30.9 Å². The molecule has 0 spiro atoms. The van der Waals surface area contributed by atoms with Crippen LogP contribution in [-0.2, 0) is 16.0 Å². The van der Waals surface area contributed by atoms with Gasteiger partial charge < -0.3 is 15.1 Å². The van der Waals surface area contributed by atoms with Crippen molar-refractivity contribution in [2.24, 2.45) is 5.92 Å². The first-order chi connectivity index (χ1) is 14.5. The summed E-state index contributed by atoms with van der Waals surface area (Å²) < 4.78 is 0. The Hall–Kier alpha value is -3.15. The van der Waals surface area contributed by atoms with E-state index >= 15 is 0 Å². The average Bonchev–Trinajstić information content (AvgIpc) is 3.17. The molecule has 1 heterocycles. The fourth-order valence-corrected chi connectivity index (χ4v) is 3.68. The van der Waals surface area contributed by atoms with Gasteiger partial charge in [0.05, 0.1) is 5.92 Å². The van der Waals surface area contributed by atoms with Gasteiger partial charge in [0, 0.05) is 43.0 Å². The Morgan fingerprint density at radius 3 is 2.20 bits per heavy atom. The minimum atomic E-state index is -0.402. The number of nitrogens with zero attached hydrogens (tertiary/aromatic N) is 2. The molecular formula is C24H29N3O3. The van der Waals surface area contributed by atoms with Crippen molar-refractivity contribution in [2.75, 3.05) is 29.9 Å². The third kappa shape index (κ3) is 4.70. The van der Waals surface area contributed by atoms with Crippen LogP contribution in [0.15, 0.2) is 48.5 Å². The molecule has 1 saturated heterocycles. The second-order valence-corrected chi connectivity index (χ2v) is 7.47. The number of carbonyl (C=O) groups excluding carboxylic acids is 3. The number of rotatable bonds is 7. The van der Waals surface area contributed by atoms with Crippen molar-refractivity contribution in [3.63, 3.8) is 0 Å². The predicted octanol–water partition coefficient (Wildman–Crippen LogP) is 3.72. The molecule has 0 bridgehead atoms. The van der Waals surface area contributed by atoms with Crippen LogP contribution in [-0.4, -0.2) is 42.3 Å². The highest BCUT2D eigenvalue weighted by molar-refractivity contribution is 6.03. The fraction of sp³-hybridized carbons (Fsp3) is 0.375. The average molecular weight is 408 g/mol. The summed E-state index contributed by atoms with van der Waals surface area (Å²) >= 11 is 0. The Bertz CT molecular complexity index is 902. The molecule has 0 radical (unpaired) electrons. The molecule has 6 heteroatoms. The van der Waals surface area contributed by atoms with Crippen molar-refractivity contribution in [1.29, 1.82) is 0 Å². The van der Waals surface area contributed by atoms with Crippen LogP contribution in [0.4, 0.5) is 11.4 Å². The van der Waals surface area contributed by atoms with Gasteiger partial charge in [-0.1, -0.05) is 19.1 Å². The highest BCUT2D eigenvalue weighted by Crippen LogP contribution is 2.26. The number of aryl methyl sites for hydroxylation is 1. The molecule has 1 aliphatic rings. The standard InChI is InChI=1S/C24H29N3O3/c1-4-17-7-13-21(14-8-17)27-16-19(15-22(27)28)23(29)25-20-11-9-18(10-12-20)24(30)26(5-2)6-3/h7-14,19H,4-6,15-16H2,1-3H3,(H,25,29)/t19-/m0/s1. The van der Waals surface area contributed by atoms with Crippen LogP contribution in [0.5, 0.6) is 0 Å². The van der Waals surface area contributed by atoms with Crippen molar-refractivity contribution in [1.82, 2.24) is 4.90 Å². The summed E-state index contributed by atoms with van der Waals surface area (Å²) in [5.74, 6) is -0.650. The molecule has 2 aromatic carbocycles. The molecule has 0 aromatic heterocycles. The van der Waals surface area contributed by atoms with E-state index in [2.05, 4.69) is 12.2 Å². The molecule has 1 aliphatic heterocycles. The van der Waals surface area contributed by atoms with Crippen LogP contribution in [0.2, 0.25) is 0 Å². The van der Waals surface area contributed by atoms with E-state index in [1.165, 1.54) is 5.56 Å². The Morgan fingerprint density at radius 2 is 1.63 bits per heavy atom. The molecule has 0 aliphatic carbocycles. The Morgan fingerprint density at radius 1 is 1.00 bits per heavy atom. The van der Waals surface area contributed by atoms with Gasteiger partial charge in [-0.25, -0.2) is 0 Å². The van der Waals surface area contributed by atoms with Crippen molar-refractivity contribution >= 4 is 29.1 Å². The van der Waals surface area contributed by atoms with Gasteiger partial charge in [-0.3, -0.25) is 14.4 Å². The minimum absolute atomic E-state index is 0.0241. The molecule has 30 heavy (non-hydrogen) atoms. The highest BCUT2D eigenvalue weighted by atomic mass is 16.2. The van der Waals surface area contributed by atoms with Gasteiger partial charge in [0.1, 0.15) is 0 Å². The third-order valence-corrected chi connectivity index (χ3v) is 5.60. The largest absolute Gasteiger partial charge is 0.339 e. The van der Waals surface area contributed by atoms with Gasteiger partial charge in [0.2, 0.25) is 11.8 Å². The molecule has 1 atom stereocenters. The number of amides is 3. The summed E-state index contributed by atoms with van der Waals surface area (Å²) in [6.07, 6.45) is 1.14. The number of anilines is 2. The normalized spacial score (nSPS) is 15.9. The molecular weight excluding hydrogens is 378 g/mol. The number of nitrogens with one attached hydrogen (secondary N) is 1. The van der Waals surface area contributed by atoms with E-state index in [1.54, 1.807) is 34.1 Å². The van der Waals surface area contributed by atoms with Gasteiger partial charge in [0.25, 0.3) is 5.91 Å². The second kappa shape index (κ2) is 9.57.